The molecule has 0 atom stereocenters. The van der Waals surface area contributed by atoms with Gasteiger partial charge in [0.2, 0.25) is 0 Å². The molecule has 0 aliphatic carbocycles. The fourth-order valence-electron chi connectivity index (χ4n) is 3.17. The van der Waals surface area contributed by atoms with Gasteiger partial charge < -0.3 is 20.4 Å². The van der Waals surface area contributed by atoms with E-state index in [1.165, 1.54) is 16.8 Å². The largest absolute Gasteiger partial charge is 0.490 e. The summed E-state index contributed by atoms with van der Waals surface area (Å²) in [7, 11) is 0. The van der Waals surface area contributed by atoms with Gasteiger partial charge in [0.05, 0.1) is 5.69 Å². The zero-order valence-electron chi connectivity index (χ0n) is 19.0. The molecule has 2 heterocycles. The summed E-state index contributed by atoms with van der Waals surface area (Å²) < 4.78 is 63.5. The van der Waals surface area contributed by atoms with Gasteiger partial charge >= 0.3 is 24.3 Å². The summed E-state index contributed by atoms with van der Waals surface area (Å²) in [5.74, 6) is -5.51. The number of hydrogen-bond acceptors (Lipinski definition) is 5. The number of nitrogens with zero attached hydrogens (tertiary/aromatic N) is 2. The van der Waals surface area contributed by atoms with Crippen LogP contribution in [0.25, 0.3) is 22.4 Å². The highest BCUT2D eigenvalue weighted by atomic mass is 19.4. The number of H-pyrrole nitrogens is 1. The molecule has 0 radical (unpaired) electrons. The molecule has 0 saturated carbocycles. The molecule has 0 unspecified atom stereocenters. The highest BCUT2D eigenvalue weighted by Crippen LogP contribution is 2.33. The van der Waals surface area contributed by atoms with E-state index in [4.69, 9.17) is 19.8 Å². The van der Waals surface area contributed by atoms with Crippen LogP contribution >= 0.6 is 0 Å². The van der Waals surface area contributed by atoms with Gasteiger partial charge in [-0.3, -0.25) is 5.10 Å². The molecule has 14 heteroatoms. The van der Waals surface area contributed by atoms with Gasteiger partial charge in [0.15, 0.2) is 0 Å². The number of alkyl halides is 6. The van der Waals surface area contributed by atoms with Gasteiger partial charge in [-0.25, -0.2) is 9.59 Å². The van der Waals surface area contributed by atoms with Crippen molar-refractivity contribution in [2.24, 2.45) is 0 Å². The maximum absolute atomic E-state index is 10.6. The molecule has 200 valence electrons. The van der Waals surface area contributed by atoms with Gasteiger partial charge in [0, 0.05) is 49.2 Å². The average Bonchev–Trinajstić information content (AvgIpc) is 3.40. The minimum absolute atomic E-state index is 1.04. The minimum Gasteiger partial charge on any atom is -0.475 e. The van der Waals surface area contributed by atoms with Crippen LogP contribution in [0.15, 0.2) is 60.8 Å². The first-order chi connectivity index (χ1) is 17.3. The number of aromatic nitrogens is 2. The maximum atomic E-state index is 10.6. The molecular formula is C23H22F6N4O4. The first-order valence-corrected chi connectivity index (χ1v) is 10.6. The van der Waals surface area contributed by atoms with Gasteiger partial charge in [-0.2, -0.15) is 31.4 Å². The SMILES string of the molecule is O=C(O)C(F)(F)F.O=C(O)C(F)(F)F.c1cc(-c2ccn[nH]2)cc(-c2ccccc2N2CCNCC2)c1. The van der Waals surface area contributed by atoms with Crippen molar-refractivity contribution < 1.29 is 46.1 Å². The molecule has 1 aliphatic rings. The standard InChI is InChI=1S/C19H20N4.2C2HF3O2/c1-2-7-19(23-12-10-20-11-13-23)17(6-1)15-4-3-5-16(14-15)18-8-9-21-22-18;2*3-2(4,5)1(6)7/h1-9,14,20H,10-13H2,(H,21,22);2*(H,6,7). The smallest absolute Gasteiger partial charge is 0.475 e. The lowest BCUT2D eigenvalue weighted by atomic mass is 9.99. The Morgan fingerprint density at radius 2 is 1.35 bits per heavy atom. The molecule has 0 spiro atoms. The summed E-state index contributed by atoms with van der Waals surface area (Å²) in [4.78, 5) is 20.3. The topological polar surface area (TPSA) is 119 Å². The van der Waals surface area contributed by atoms with Crippen LogP contribution in [0.1, 0.15) is 0 Å². The predicted molar refractivity (Wildman–Crippen MR) is 122 cm³/mol. The normalized spacial score (nSPS) is 13.5. The maximum Gasteiger partial charge on any atom is 0.490 e. The Kier molecular flexibility index (Phi) is 10.1. The number of piperazine rings is 1. The molecule has 1 aliphatic heterocycles. The number of halogens is 6. The second-order valence-corrected chi connectivity index (χ2v) is 7.41. The van der Waals surface area contributed by atoms with E-state index in [1.807, 2.05) is 6.07 Å². The highest BCUT2D eigenvalue weighted by molar-refractivity contribution is 5.81. The van der Waals surface area contributed by atoms with Gasteiger partial charge in [-0.15, -0.1) is 0 Å². The minimum atomic E-state index is -5.08. The van der Waals surface area contributed by atoms with Crippen LogP contribution < -0.4 is 10.2 Å². The third-order valence-corrected chi connectivity index (χ3v) is 4.83. The molecule has 3 aromatic rings. The first kappa shape index (κ1) is 29.2. The van der Waals surface area contributed by atoms with Crippen molar-refractivity contribution in [2.75, 3.05) is 31.1 Å². The summed E-state index contributed by atoms with van der Waals surface area (Å²) in [6, 6.07) is 19.3. The number of carbonyl (C=O) groups is 2. The lowest BCUT2D eigenvalue weighted by molar-refractivity contribution is -0.193. The molecule has 1 aromatic heterocycles. The lowest BCUT2D eigenvalue weighted by Gasteiger charge is -2.31. The van der Waals surface area contributed by atoms with Crippen molar-refractivity contribution in [3.63, 3.8) is 0 Å². The van der Waals surface area contributed by atoms with E-state index in [0.717, 1.165) is 37.4 Å². The van der Waals surface area contributed by atoms with E-state index in [0.29, 0.717) is 0 Å². The quantitative estimate of drug-likeness (QED) is 0.369. The van der Waals surface area contributed by atoms with Crippen molar-refractivity contribution in [3.8, 4) is 22.4 Å². The van der Waals surface area contributed by atoms with Crippen LogP contribution in [-0.4, -0.2) is 70.9 Å². The van der Waals surface area contributed by atoms with E-state index < -0.39 is 24.3 Å². The summed E-state index contributed by atoms with van der Waals surface area (Å²) in [6.07, 6.45) is -8.38. The van der Waals surface area contributed by atoms with Gasteiger partial charge in [0.1, 0.15) is 0 Å². The molecule has 8 nitrogen and oxygen atoms in total. The molecule has 2 aromatic carbocycles. The van der Waals surface area contributed by atoms with Crippen LogP contribution in [0.2, 0.25) is 0 Å². The van der Waals surface area contributed by atoms with Crippen LogP contribution in [0.3, 0.4) is 0 Å². The Balaban J connectivity index is 0.000000286. The van der Waals surface area contributed by atoms with Crippen LogP contribution in [-0.2, 0) is 9.59 Å². The Hall–Kier alpha value is -4.07. The second-order valence-electron chi connectivity index (χ2n) is 7.41. The lowest BCUT2D eigenvalue weighted by Crippen LogP contribution is -2.43. The zero-order chi connectivity index (χ0) is 27.6. The first-order valence-electron chi connectivity index (χ1n) is 10.6. The van der Waals surface area contributed by atoms with E-state index in [9.17, 15) is 26.3 Å². The fourth-order valence-corrected chi connectivity index (χ4v) is 3.17. The Bertz CT molecular complexity index is 1140. The van der Waals surface area contributed by atoms with Crippen molar-refractivity contribution in [3.05, 3.63) is 60.8 Å². The Morgan fingerprint density at radius 1 is 0.811 bits per heavy atom. The van der Waals surface area contributed by atoms with E-state index >= 15 is 0 Å². The van der Waals surface area contributed by atoms with Crippen molar-refractivity contribution in [1.29, 1.82) is 0 Å². The molecule has 1 fully saturated rings. The van der Waals surface area contributed by atoms with Crippen molar-refractivity contribution in [2.45, 2.75) is 12.4 Å². The molecule has 37 heavy (non-hydrogen) atoms. The number of nitrogens with one attached hydrogen (secondary N) is 2. The van der Waals surface area contributed by atoms with Crippen molar-refractivity contribution in [1.82, 2.24) is 15.5 Å². The molecular weight excluding hydrogens is 510 g/mol. The van der Waals surface area contributed by atoms with Crippen LogP contribution in [0.5, 0.6) is 0 Å². The summed E-state index contributed by atoms with van der Waals surface area (Å²) in [5.41, 5.74) is 6.05. The summed E-state index contributed by atoms with van der Waals surface area (Å²) in [5, 5.41) is 24.8. The number of hydrogen-bond donors (Lipinski definition) is 4. The average molecular weight is 532 g/mol. The van der Waals surface area contributed by atoms with E-state index in [1.54, 1.807) is 6.20 Å². The van der Waals surface area contributed by atoms with Crippen molar-refractivity contribution >= 4 is 17.6 Å². The monoisotopic (exact) mass is 532 g/mol. The van der Waals surface area contributed by atoms with E-state index in [-0.39, 0.29) is 0 Å². The fraction of sp³-hybridized carbons (Fsp3) is 0.261. The number of para-hydroxylation sites is 1. The van der Waals surface area contributed by atoms with Gasteiger partial charge in [-0.1, -0.05) is 36.4 Å². The second kappa shape index (κ2) is 12.8. The summed E-state index contributed by atoms with van der Waals surface area (Å²) in [6.45, 7) is 4.19. The third kappa shape index (κ3) is 9.14. The highest BCUT2D eigenvalue weighted by Gasteiger charge is 2.38. The number of benzene rings is 2. The zero-order valence-corrected chi connectivity index (χ0v) is 19.0. The number of carboxylic acids is 2. The molecule has 0 amide bonds. The van der Waals surface area contributed by atoms with Crippen LogP contribution in [0.4, 0.5) is 32.0 Å². The number of anilines is 1. The molecule has 0 bridgehead atoms. The number of carboxylic acid groups (broad SMARTS) is 2. The Morgan fingerprint density at radius 3 is 1.86 bits per heavy atom. The molecule has 1 saturated heterocycles. The third-order valence-electron chi connectivity index (χ3n) is 4.83. The number of aromatic amines is 1. The van der Waals surface area contributed by atoms with Crippen LogP contribution in [0, 0.1) is 0 Å². The van der Waals surface area contributed by atoms with E-state index in [2.05, 4.69) is 68.9 Å². The summed E-state index contributed by atoms with van der Waals surface area (Å²) >= 11 is 0. The van der Waals surface area contributed by atoms with Gasteiger partial charge in [-0.05, 0) is 23.8 Å². The number of rotatable bonds is 3. The Labute approximate surface area is 206 Å². The number of aliphatic carboxylic acids is 2. The predicted octanol–water partition coefficient (Wildman–Crippen LogP) is 4.42. The van der Waals surface area contributed by atoms with Gasteiger partial charge in [0.25, 0.3) is 0 Å². The molecule has 4 rings (SSSR count). The molecule has 4 N–H and O–H groups in total.